The minimum atomic E-state index is -0.738. The van der Waals surface area contributed by atoms with Crippen molar-refractivity contribution in [3.63, 3.8) is 0 Å². The van der Waals surface area contributed by atoms with Crippen molar-refractivity contribution in [2.75, 3.05) is 10.6 Å². The van der Waals surface area contributed by atoms with E-state index in [1.54, 1.807) is 48.3 Å². The van der Waals surface area contributed by atoms with Gasteiger partial charge in [-0.15, -0.1) is 5.10 Å². The molecular formula is C24H19N7O3. The molecule has 0 fully saturated rings. The Balaban J connectivity index is 1.63. The molecule has 2 aromatic heterocycles. The van der Waals surface area contributed by atoms with Gasteiger partial charge in [-0.2, -0.15) is 4.98 Å². The molecule has 3 heterocycles. The largest absolute Gasteiger partial charge is 0.328 e. The van der Waals surface area contributed by atoms with Crippen molar-refractivity contribution in [2.45, 2.75) is 13.0 Å². The standard InChI is InChI=1S/C24H19N7O3/c1-15-20(23(32)27-18-10-6-12-25-14-18)21(17-9-5-11-19(13-17)31(33)34)30-24(26-15)28-22(29-30)16-7-3-2-4-8-16/h2-14,21H,1H3,(H,27,32)(H,26,28,29)/t21-/m1/s1. The first-order valence-corrected chi connectivity index (χ1v) is 10.5. The normalized spacial score (nSPS) is 14.8. The molecule has 1 atom stereocenters. The molecule has 0 unspecified atom stereocenters. The number of allylic oxidation sites excluding steroid dienone is 1. The number of nitrogens with one attached hydrogen (secondary N) is 2. The highest BCUT2D eigenvalue weighted by Gasteiger charge is 2.35. The van der Waals surface area contributed by atoms with Crippen molar-refractivity contribution in [3.8, 4) is 11.4 Å². The van der Waals surface area contributed by atoms with E-state index in [9.17, 15) is 14.9 Å². The first kappa shape index (κ1) is 21.0. The van der Waals surface area contributed by atoms with E-state index in [1.807, 2.05) is 30.3 Å². The Morgan fingerprint density at radius 1 is 1.12 bits per heavy atom. The molecule has 5 rings (SSSR count). The Kier molecular flexibility index (Phi) is 5.30. The number of nitro groups is 1. The molecule has 168 valence electrons. The van der Waals surface area contributed by atoms with E-state index >= 15 is 0 Å². The van der Waals surface area contributed by atoms with Crippen molar-refractivity contribution in [1.82, 2.24) is 19.7 Å². The summed E-state index contributed by atoms with van der Waals surface area (Å²) in [5.74, 6) is 0.531. The number of nitrogens with zero attached hydrogens (tertiary/aromatic N) is 5. The molecule has 4 aromatic rings. The zero-order chi connectivity index (χ0) is 23.7. The Morgan fingerprint density at radius 2 is 1.94 bits per heavy atom. The predicted octanol–water partition coefficient (Wildman–Crippen LogP) is 4.18. The minimum Gasteiger partial charge on any atom is -0.328 e. The third kappa shape index (κ3) is 3.88. The van der Waals surface area contributed by atoms with Crippen LogP contribution < -0.4 is 10.6 Å². The van der Waals surface area contributed by atoms with Crippen LogP contribution in [0.1, 0.15) is 18.5 Å². The molecule has 0 bridgehead atoms. The average molecular weight is 453 g/mol. The van der Waals surface area contributed by atoms with Gasteiger partial charge >= 0.3 is 0 Å². The predicted molar refractivity (Wildman–Crippen MR) is 126 cm³/mol. The zero-order valence-electron chi connectivity index (χ0n) is 18.0. The van der Waals surface area contributed by atoms with E-state index < -0.39 is 11.0 Å². The van der Waals surface area contributed by atoms with Gasteiger partial charge in [-0.1, -0.05) is 42.5 Å². The first-order chi connectivity index (χ1) is 16.5. The molecule has 0 aliphatic carbocycles. The van der Waals surface area contributed by atoms with Crippen molar-refractivity contribution in [1.29, 1.82) is 0 Å². The number of hydrogen-bond donors (Lipinski definition) is 2. The van der Waals surface area contributed by atoms with Crippen molar-refractivity contribution >= 4 is 23.2 Å². The molecule has 0 saturated heterocycles. The third-order valence-corrected chi connectivity index (χ3v) is 5.45. The lowest BCUT2D eigenvalue weighted by Crippen LogP contribution is -2.31. The fourth-order valence-electron chi connectivity index (χ4n) is 3.91. The van der Waals surface area contributed by atoms with Crippen molar-refractivity contribution < 1.29 is 9.72 Å². The average Bonchev–Trinajstić information content (AvgIpc) is 3.28. The fourth-order valence-corrected chi connectivity index (χ4v) is 3.91. The fraction of sp³-hybridized carbons (Fsp3) is 0.0833. The SMILES string of the molecule is CC1=C(C(=O)Nc2cccnc2)[C@@H](c2cccc([N+](=O)[O-])c2)n2nc(-c3ccccc3)nc2N1. The van der Waals surface area contributed by atoms with Gasteiger partial charge in [0.1, 0.15) is 6.04 Å². The molecule has 10 heteroatoms. The van der Waals surface area contributed by atoms with Gasteiger partial charge in [-0.25, -0.2) is 4.68 Å². The van der Waals surface area contributed by atoms with Crippen LogP contribution in [0.3, 0.4) is 0 Å². The number of anilines is 2. The van der Waals surface area contributed by atoms with Gasteiger partial charge in [0, 0.05) is 29.6 Å². The lowest BCUT2D eigenvalue weighted by molar-refractivity contribution is -0.384. The maximum absolute atomic E-state index is 13.4. The van der Waals surface area contributed by atoms with Crippen LogP contribution in [0.25, 0.3) is 11.4 Å². The van der Waals surface area contributed by atoms with Crippen LogP contribution in [0, 0.1) is 10.1 Å². The number of rotatable bonds is 5. The summed E-state index contributed by atoms with van der Waals surface area (Å²) in [6.07, 6.45) is 3.15. The van der Waals surface area contributed by atoms with Gasteiger partial charge in [-0.3, -0.25) is 19.9 Å². The lowest BCUT2D eigenvalue weighted by atomic mass is 9.94. The van der Waals surface area contributed by atoms with Gasteiger partial charge in [0.05, 0.1) is 22.4 Å². The molecule has 2 aromatic carbocycles. The van der Waals surface area contributed by atoms with E-state index in [4.69, 9.17) is 0 Å². The topological polar surface area (TPSA) is 128 Å². The second kappa shape index (κ2) is 8.58. The molecule has 10 nitrogen and oxygen atoms in total. The maximum Gasteiger partial charge on any atom is 0.269 e. The quantitative estimate of drug-likeness (QED) is 0.343. The summed E-state index contributed by atoms with van der Waals surface area (Å²) in [4.78, 5) is 33.1. The number of non-ortho nitro benzene ring substituents is 1. The first-order valence-electron chi connectivity index (χ1n) is 10.5. The van der Waals surface area contributed by atoms with E-state index in [0.717, 1.165) is 5.56 Å². The molecule has 1 amide bonds. The highest BCUT2D eigenvalue weighted by atomic mass is 16.6. The monoisotopic (exact) mass is 453 g/mol. The number of nitro benzene ring substituents is 1. The van der Waals surface area contributed by atoms with Crippen LogP contribution in [0.2, 0.25) is 0 Å². The molecule has 1 aliphatic rings. The summed E-state index contributed by atoms with van der Waals surface area (Å²) >= 11 is 0. The number of amides is 1. The van der Waals surface area contributed by atoms with Gasteiger partial charge in [0.25, 0.3) is 11.6 Å². The summed E-state index contributed by atoms with van der Waals surface area (Å²) in [5, 5.41) is 22.1. The summed E-state index contributed by atoms with van der Waals surface area (Å²) in [5.41, 5.74) is 2.73. The summed E-state index contributed by atoms with van der Waals surface area (Å²) in [7, 11) is 0. The van der Waals surface area contributed by atoms with Gasteiger partial charge in [0.15, 0.2) is 5.82 Å². The van der Waals surface area contributed by atoms with E-state index in [0.29, 0.717) is 34.3 Å². The zero-order valence-corrected chi connectivity index (χ0v) is 18.0. The van der Waals surface area contributed by atoms with Crippen molar-refractivity contribution in [2.24, 2.45) is 0 Å². The molecule has 0 spiro atoms. The second-order valence-corrected chi connectivity index (χ2v) is 7.68. The summed E-state index contributed by atoms with van der Waals surface area (Å²) in [6, 6.07) is 18.4. The smallest absolute Gasteiger partial charge is 0.269 e. The number of benzene rings is 2. The molecule has 0 saturated carbocycles. The number of carbonyl (C=O) groups excluding carboxylic acids is 1. The second-order valence-electron chi connectivity index (χ2n) is 7.68. The van der Waals surface area contributed by atoms with Crippen LogP contribution >= 0.6 is 0 Å². The highest BCUT2D eigenvalue weighted by molar-refractivity contribution is 6.06. The molecular weight excluding hydrogens is 434 g/mol. The van der Waals surface area contributed by atoms with Crippen LogP contribution in [0.5, 0.6) is 0 Å². The van der Waals surface area contributed by atoms with Crippen LogP contribution in [-0.2, 0) is 4.79 Å². The molecule has 0 radical (unpaired) electrons. The maximum atomic E-state index is 13.4. The van der Waals surface area contributed by atoms with Crippen molar-refractivity contribution in [3.05, 3.63) is 106 Å². The molecule has 1 aliphatic heterocycles. The highest BCUT2D eigenvalue weighted by Crippen LogP contribution is 2.37. The van der Waals surface area contributed by atoms with Gasteiger partial charge in [-0.05, 0) is 24.6 Å². The molecule has 2 N–H and O–H groups in total. The number of hydrogen-bond acceptors (Lipinski definition) is 7. The summed E-state index contributed by atoms with van der Waals surface area (Å²) < 4.78 is 1.59. The number of fused-ring (bicyclic) bond motifs is 1. The van der Waals surface area contributed by atoms with Gasteiger partial charge in [0.2, 0.25) is 5.95 Å². The van der Waals surface area contributed by atoms with E-state index in [2.05, 4.69) is 25.7 Å². The third-order valence-electron chi connectivity index (χ3n) is 5.45. The van der Waals surface area contributed by atoms with E-state index in [1.165, 1.54) is 12.1 Å². The van der Waals surface area contributed by atoms with E-state index in [-0.39, 0.29) is 11.6 Å². The number of pyridine rings is 1. The van der Waals surface area contributed by atoms with Crippen LogP contribution in [0.4, 0.5) is 17.3 Å². The number of aromatic nitrogens is 4. The Hall–Kier alpha value is -4.86. The Morgan fingerprint density at radius 3 is 2.68 bits per heavy atom. The molecule has 34 heavy (non-hydrogen) atoms. The van der Waals surface area contributed by atoms with Gasteiger partial charge < -0.3 is 10.6 Å². The Labute approximate surface area is 194 Å². The summed E-state index contributed by atoms with van der Waals surface area (Å²) in [6.45, 7) is 1.77. The lowest BCUT2D eigenvalue weighted by Gasteiger charge is -2.28. The minimum absolute atomic E-state index is 0.0781. The van der Waals surface area contributed by atoms with Crippen LogP contribution in [0.15, 0.2) is 90.4 Å². The Bertz CT molecular complexity index is 1420. The van der Waals surface area contributed by atoms with Crippen LogP contribution in [-0.4, -0.2) is 30.6 Å². The number of carbonyl (C=O) groups is 1.